The molecule has 32 heavy (non-hydrogen) atoms. The zero-order valence-electron chi connectivity index (χ0n) is 18.7. The van der Waals surface area contributed by atoms with Gasteiger partial charge in [0.05, 0.1) is 5.69 Å². The summed E-state index contributed by atoms with van der Waals surface area (Å²) >= 11 is 0. The van der Waals surface area contributed by atoms with Crippen molar-refractivity contribution in [3.63, 3.8) is 0 Å². The van der Waals surface area contributed by atoms with Gasteiger partial charge in [-0.05, 0) is 80.0 Å². The summed E-state index contributed by atoms with van der Waals surface area (Å²) in [4.78, 5) is 2.47. The third-order valence-electron chi connectivity index (χ3n) is 6.46. The van der Waals surface area contributed by atoms with Gasteiger partial charge in [0.1, 0.15) is 17.5 Å². The summed E-state index contributed by atoms with van der Waals surface area (Å²) in [6, 6.07) is 11.0. The Bertz CT molecular complexity index is 997. The van der Waals surface area contributed by atoms with E-state index in [2.05, 4.69) is 27.0 Å². The number of fused-ring (bicyclic) bond motifs is 1. The van der Waals surface area contributed by atoms with Crippen molar-refractivity contribution in [3.8, 4) is 0 Å². The van der Waals surface area contributed by atoms with Crippen molar-refractivity contribution in [2.75, 3.05) is 18.4 Å². The lowest BCUT2D eigenvalue weighted by Crippen LogP contribution is -2.25. The Morgan fingerprint density at radius 2 is 1.81 bits per heavy atom. The molecule has 4 nitrogen and oxygen atoms in total. The number of anilines is 1. The van der Waals surface area contributed by atoms with E-state index in [4.69, 9.17) is 0 Å². The Labute approximate surface area is 188 Å². The molecule has 0 spiro atoms. The molecule has 1 N–H and O–H groups in total. The second-order valence-corrected chi connectivity index (χ2v) is 8.97. The number of nitrogens with zero attached hydrogens (tertiary/aromatic N) is 3. The van der Waals surface area contributed by atoms with Gasteiger partial charge in [0.15, 0.2) is 0 Å². The quantitative estimate of drug-likeness (QED) is 0.560. The second-order valence-electron chi connectivity index (χ2n) is 8.97. The number of rotatable bonds is 7. The molecule has 2 aliphatic rings. The van der Waals surface area contributed by atoms with Gasteiger partial charge in [-0.25, -0.2) is 8.78 Å². The second kappa shape index (κ2) is 9.74. The van der Waals surface area contributed by atoms with Crippen LogP contribution in [0.3, 0.4) is 0 Å². The fourth-order valence-electron chi connectivity index (χ4n) is 4.89. The highest BCUT2D eigenvalue weighted by atomic mass is 19.1. The standard InChI is InChI=1S/C26H30F2N4/c1-4-21(27)13-24(17(2)3)25-9-10-26(31-30-25)29-23-11-19-15-32(16-20(19)12-23)14-18-5-7-22(28)8-6-18/h4-10,13,19-20,23H,2,11-12,14-16H2,1,3H3,(H,29,31)/b21-4+,24-13+/t19-,20+,23?. The molecule has 0 bridgehead atoms. The molecule has 1 aromatic heterocycles. The molecule has 3 atom stereocenters. The lowest BCUT2D eigenvalue weighted by Gasteiger charge is -2.20. The number of nitrogens with one attached hydrogen (secondary N) is 1. The minimum Gasteiger partial charge on any atom is -0.366 e. The molecule has 1 saturated heterocycles. The highest BCUT2D eigenvalue weighted by Crippen LogP contribution is 2.39. The third-order valence-corrected chi connectivity index (χ3v) is 6.46. The van der Waals surface area contributed by atoms with Crippen molar-refractivity contribution in [2.24, 2.45) is 11.8 Å². The maximum Gasteiger partial charge on any atom is 0.148 e. The molecular formula is C26H30F2N4. The van der Waals surface area contributed by atoms with Crippen LogP contribution in [0.2, 0.25) is 0 Å². The summed E-state index contributed by atoms with van der Waals surface area (Å²) in [5.41, 5.74) is 3.16. The molecule has 2 aromatic rings. The number of likely N-dealkylation sites (tertiary alicyclic amines) is 1. The topological polar surface area (TPSA) is 41.0 Å². The summed E-state index contributed by atoms with van der Waals surface area (Å²) in [6.45, 7) is 10.4. The molecule has 6 heteroatoms. The summed E-state index contributed by atoms with van der Waals surface area (Å²) in [7, 11) is 0. The molecule has 168 valence electrons. The molecule has 2 heterocycles. The fraction of sp³-hybridized carbons (Fsp3) is 0.385. The number of hydrogen-bond acceptors (Lipinski definition) is 4. The van der Waals surface area contributed by atoms with E-state index in [1.165, 1.54) is 24.3 Å². The molecule has 4 rings (SSSR count). The first-order valence-electron chi connectivity index (χ1n) is 11.2. The molecule has 1 aliphatic carbocycles. The average molecular weight is 437 g/mol. The zero-order valence-corrected chi connectivity index (χ0v) is 18.7. The molecule has 0 radical (unpaired) electrons. The summed E-state index contributed by atoms with van der Waals surface area (Å²) in [5.74, 6) is 1.57. The van der Waals surface area contributed by atoms with E-state index < -0.39 is 0 Å². The lowest BCUT2D eigenvalue weighted by atomic mass is 10.0. The van der Waals surface area contributed by atoms with E-state index >= 15 is 0 Å². The van der Waals surface area contributed by atoms with Crippen LogP contribution in [0.1, 0.15) is 37.9 Å². The SMILES string of the molecule is C=C(C)/C(=C\C(F)=C/C)c1ccc(NC2C[C@@H]3CN(Cc4ccc(F)cc4)C[C@@H]3C2)nn1. The average Bonchev–Trinajstić information content (AvgIpc) is 3.31. The minimum atomic E-state index is -0.321. The van der Waals surface area contributed by atoms with Crippen LogP contribution in [0, 0.1) is 17.7 Å². The molecule has 1 saturated carbocycles. The Hall–Kier alpha value is -2.86. The highest BCUT2D eigenvalue weighted by Gasteiger charge is 2.40. The fourth-order valence-corrected chi connectivity index (χ4v) is 4.89. The number of aromatic nitrogens is 2. The van der Waals surface area contributed by atoms with E-state index in [9.17, 15) is 8.78 Å². The zero-order chi connectivity index (χ0) is 22.7. The third kappa shape index (κ3) is 5.30. The van der Waals surface area contributed by atoms with Gasteiger partial charge >= 0.3 is 0 Å². The monoisotopic (exact) mass is 436 g/mol. The summed E-state index contributed by atoms with van der Waals surface area (Å²) in [5, 5.41) is 12.1. The van der Waals surface area contributed by atoms with Gasteiger partial charge in [-0.3, -0.25) is 4.90 Å². The van der Waals surface area contributed by atoms with E-state index in [0.717, 1.165) is 49.4 Å². The normalized spacial score (nSPS) is 23.9. The van der Waals surface area contributed by atoms with Crippen LogP contribution in [0.25, 0.3) is 5.57 Å². The maximum atomic E-state index is 13.7. The van der Waals surface area contributed by atoms with Gasteiger partial charge in [0.25, 0.3) is 0 Å². The first-order valence-corrected chi connectivity index (χ1v) is 11.2. The number of benzene rings is 1. The van der Waals surface area contributed by atoms with Crippen LogP contribution in [0.4, 0.5) is 14.6 Å². The summed E-state index contributed by atoms with van der Waals surface area (Å²) < 4.78 is 26.8. The molecule has 1 aromatic carbocycles. The predicted molar refractivity (Wildman–Crippen MR) is 125 cm³/mol. The lowest BCUT2D eigenvalue weighted by molar-refractivity contribution is 0.301. The molecule has 1 aliphatic heterocycles. The van der Waals surface area contributed by atoms with Crippen molar-refractivity contribution in [3.05, 3.63) is 83.6 Å². The van der Waals surface area contributed by atoms with Gasteiger partial charge in [-0.2, -0.15) is 0 Å². The van der Waals surface area contributed by atoms with Gasteiger partial charge in [-0.15, -0.1) is 10.2 Å². The molecule has 2 fully saturated rings. The van der Waals surface area contributed by atoms with E-state index in [1.54, 1.807) is 6.92 Å². The van der Waals surface area contributed by atoms with Gasteiger partial charge < -0.3 is 5.32 Å². The molecule has 1 unspecified atom stereocenters. The minimum absolute atomic E-state index is 0.186. The first kappa shape index (κ1) is 22.3. The van der Waals surface area contributed by atoms with E-state index in [0.29, 0.717) is 29.1 Å². The number of allylic oxidation sites excluding steroid dienone is 5. The molecule has 0 amide bonds. The van der Waals surface area contributed by atoms with E-state index in [-0.39, 0.29) is 11.6 Å². The highest BCUT2D eigenvalue weighted by molar-refractivity contribution is 5.77. The van der Waals surface area contributed by atoms with E-state index in [1.807, 2.05) is 31.2 Å². The smallest absolute Gasteiger partial charge is 0.148 e. The Morgan fingerprint density at radius 1 is 1.12 bits per heavy atom. The number of halogens is 2. The van der Waals surface area contributed by atoms with Crippen LogP contribution in [0.5, 0.6) is 0 Å². The van der Waals surface area contributed by atoms with Crippen LogP contribution in [0.15, 0.2) is 66.5 Å². The van der Waals surface area contributed by atoms with Gasteiger partial charge in [-0.1, -0.05) is 24.8 Å². The van der Waals surface area contributed by atoms with Crippen LogP contribution < -0.4 is 5.32 Å². The largest absolute Gasteiger partial charge is 0.366 e. The van der Waals surface area contributed by atoms with Crippen molar-refractivity contribution < 1.29 is 8.78 Å². The van der Waals surface area contributed by atoms with Gasteiger partial charge in [0, 0.05) is 31.2 Å². The molecular weight excluding hydrogens is 406 g/mol. The van der Waals surface area contributed by atoms with Crippen LogP contribution >= 0.6 is 0 Å². The Morgan fingerprint density at radius 3 is 2.38 bits per heavy atom. The van der Waals surface area contributed by atoms with Crippen molar-refractivity contribution in [1.29, 1.82) is 0 Å². The number of hydrogen-bond donors (Lipinski definition) is 1. The first-order chi connectivity index (χ1) is 15.4. The van der Waals surface area contributed by atoms with Crippen LogP contribution in [-0.2, 0) is 6.54 Å². The van der Waals surface area contributed by atoms with Crippen molar-refractivity contribution >= 4 is 11.4 Å². The van der Waals surface area contributed by atoms with Crippen molar-refractivity contribution in [1.82, 2.24) is 15.1 Å². The van der Waals surface area contributed by atoms with Crippen molar-refractivity contribution in [2.45, 2.75) is 39.3 Å². The maximum absolute atomic E-state index is 13.7. The van der Waals surface area contributed by atoms with Crippen LogP contribution in [-0.4, -0.2) is 34.2 Å². The Kier molecular flexibility index (Phi) is 6.80. The Balaban J connectivity index is 1.32. The predicted octanol–water partition coefficient (Wildman–Crippen LogP) is 5.77. The summed E-state index contributed by atoms with van der Waals surface area (Å²) in [6.07, 6.45) is 5.06. The van der Waals surface area contributed by atoms with Gasteiger partial charge in [0.2, 0.25) is 0 Å².